The van der Waals surface area contributed by atoms with Crippen LogP contribution in [0.4, 0.5) is 10.1 Å². The van der Waals surface area contributed by atoms with E-state index in [0.29, 0.717) is 24.6 Å². The number of anilines is 1. The molecule has 3 nitrogen and oxygen atoms in total. The van der Waals surface area contributed by atoms with E-state index >= 15 is 0 Å². The van der Waals surface area contributed by atoms with Gasteiger partial charge in [-0.25, -0.2) is 4.39 Å². The highest BCUT2D eigenvalue weighted by molar-refractivity contribution is 5.50. The van der Waals surface area contributed by atoms with Crippen LogP contribution in [0.25, 0.3) is 0 Å². The molecule has 1 unspecified atom stereocenters. The number of benzene rings is 1. The molecule has 2 aliphatic heterocycles. The molecule has 0 radical (unpaired) electrons. The van der Waals surface area contributed by atoms with Crippen LogP contribution in [0.5, 0.6) is 0 Å². The van der Waals surface area contributed by atoms with Gasteiger partial charge in [-0.2, -0.15) is 5.26 Å². The Morgan fingerprint density at radius 3 is 2.30 bits per heavy atom. The highest BCUT2D eigenvalue weighted by Gasteiger charge is 2.30. The quantitative estimate of drug-likeness (QED) is 0.829. The maximum absolute atomic E-state index is 13.3. The van der Waals surface area contributed by atoms with Crippen LogP contribution in [0.1, 0.15) is 24.8 Å². The second-order valence-electron chi connectivity index (χ2n) is 5.76. The fourth-order valence-electron chi connectivity index (χ4n) is 3.31. The van der Waals surface area contributed by atoms with Crippen molar-refractivity contribution < 1.29 is 4.39 Å². The number of hydrogen-bond donors (Lipinski definition) is 0. The molecule has 2 aliphatic rings. The van der Waals surface area contributed by atoms with Crippen LogP contribution in [0.15, 0.2) is 24.3 Å². The average Bonchev–Trinajstić information content (AvgIpc) is 2.94. The lowest BCUT2D eigenvalue weighted by Gasteiger charge is -2.37. The molecule has 106 valence electrons. The van der Waals surface area contributed by atoms with Crippen LogP contribution in [0, 0.1) is 11.3 Å². The number of nitriles is 1. The predicted molar refractivity (Wildman–Crippen MR) is 77.5 cm³/mol. The number of hydrogen-bond acceptors (Lipinski definition) is 3. The normalized spacial score (nSPS) is 24.8. The van der Waals surface area contributed by atoms with Crippen LogP contribution in [-0.2, 0) is 0 Å². The van der Waals surface area contributed by atoms with Gasteiger partial charge in [0, 0.05) is 37.9 Å². The Morgan fingerprint density at radius 1 is 1.05 bits per heavy atom. The predicted octanol–water partition coefficient (Wildman–Crippen LogP) is 2.57. The molecule has 0 spiro atoms. The zero-order valence-electron chi connectivity index (χ0n) is 11.6. The van der Waals surface area contributed by atoms with Crippen LogP contribution < -0.4 is 4.90 Å². The first kappa shape index (κ1) is 13.4. The third-order valence-electron chi connectivity index (χ3n) is 4.50. The van der Waals surface area contributed by atoms with Gasteiger partial charge in [-0.15, -0.1) is 0 Å². The van der Waals surface area contributed by atoms with Crippen molar-refractivity contribution in [1.82, 2.24) is 4.90 Å². The van der Waals surface area contributed by atoms with E-state index in [1.165, 1.54) is 5.69 Å². The molecule has 4 heteroatoms. The van der Waals surface area contributed by atoms with Gasteiger partial charge >= 0.3 is 0 Å². The summed E-state index contributed by atoms with van der Waals surface area (Å²) in [6, 6.07) is 10.5. The summed E-state index contributed by atoms with van der Waals surface area (Å²) in [5.74, 6) is 0. The van der Waals surface area contributed by atoms with Crippen molar-refractivity contribution in [2.75, 3.05) is 31.1 Å². The topological polar surface area (TPSA) is 30.3 Å². The molecular formula is C16H20FN3. The number of halogens is 1. The average molecular weight is 273 g/mol. The van der Waals surface area contributed by atoms with Gasteiger partial charge in [0.15, 0.2) is 0 Å². The summed E-state index contributed by atoms with van der Waals surface area (Å²) in [5, 5.41) is 8.82. The molecule has 0 aromatic heterocycles. The molecule has 2 fully saturated rings. The Morgan fingerprint density at radius 2 is 1.75 bits per heavy atom. The van der Waals surface area contributed by atoms with E-state index in [1.54, 1.807) is 0 Å². The second-order valence-corrected chi connectivity index (χ2v) is 5.76. The van der Waals surface area contributed by atoms with Gasteiger partial charge < -0.3 is 4.90 Å². The molecular weight excluding hydrogens is 253 g/mol. The van der Waals surface area contributed by atoms with Gasteiger partial charge in [0.05, 0.1) is 11.6 Å². The second kappa shape index (κ2) is 5.80. The monoisotopic (exact) mass is 273 g/mol. The highest BCUT2D eigenvalue weighted by atomic mass is 19.1. The first-order chi connectivity index (χ1) is 9.76. The van der Waals surface area contributed by atoms with E-state index in [-0.39, 0.29) is 0 Å². The highest BCUT2D eigenvalue weighted by Crippen LogP contribution is 2.25. The van der Waals surface area contributed by atoms with E-state index in [4.69, 9.17) is 5.26 Å². The van der Waals surface area contributed by atoms with Crippen LogP contribution in [0.3, 0.4) is 0 Å². The minimum Gasteiger partial charge on any atom is -0.371 e. The Hall–Kier alpha value is -1.60. The molecule has 1 aromatic carbocycles. The SMILES string of the molecule is N#Cc1ccc(N2CCC(N3CCC(F)C3)CC2)cc1. The number of likely N-dealkylation sites (tertiary alicyclic amines) is 1. The van der Waals surface area contributed by atoms with Crippen molar-refractivity contribution in [3.05, 3.63) is 29.8 Å². The zero-order valence-corrected chi connectivity index (χ0v) is 11.6. The lowest BCUT2D eigenvalue weighted by atomic mass is 10.0. The fraction of sp³-hybridized carbons (Fsp3) is 0.562. The summed E-state index contributed by atoms with van der Waals surface area (Å²) in [4.78, 5) is 4.68. The largest absolute Gasteiger partial charge is 0.371 e. The Labute approximate surface area is 119 Å². The molecule has 1 atom stereocenters. The van der Waals surface area contributed by atoms with E-state index in [9.17, 15) is 4.39 Å². The molecule has 0 amide bonds. The molecule has 2 saturated heterocycles. The summed E-state index contributed by atoms with van der Waals surface area (Å²) in [6.45, 7) is 3.58. The third-order valence-corrected chi connectivity index (χ3v) is 4.50. The molecule has 20 heavy (non-hydrogen) atoms. The minimum atomic E-state index is -0.619. The van der Waals surface area contributed by atoms with Crippen LogP contribution in [-0.4, -0.2) is 43.3 Å². The Bertz CT molecular complexity index is 485. The van der Waals surface area contributed by atoms with Crippen molar-refractivity contribution in [2.45, 2.75) is 31.5 Å². The lowest BCUT2D eigenvalue weighted by molar-refractivity contribution is 0.192. The zero-order chi connectivity index (χ0) is 13.9. The van der Waals surface area contributed by atoms with Gasteiger partial charge in [0.1, 0.15) is 6.17 Å². The first-order valence-electron chi connectivity index (χ1n) is 7.39. The summed E-state index contributed by atoms with van der Waals surface area (Å²) in [6.07, 6.45) is 2.29. The van der Waals surface area contributed by atoms with E-state index in [2.05, 4.69) is 15.9 Å². The van der Waals surface area contributed by atoms with Crippen molar-refractivity contribution in [1.29, 1.82) is 5.26 Å². The van der Waals surface area contributed by atoms with Crippen molar-refractivity contribution in [2.24, 2.45) is 0 Å². The first-order valence-corrected chi connectivity index (χ1v) is 7.39. The Balaban J connectivity index is 1.56. The summed E-state index contributed by atoms with van der Waals surface area (Å²) in [5.41, 5.74) is 1.89. The number of nitrogens with zero attached hydrogens (tertiary/aromatic N) is 3. The fourth-order valence-corrected chi connectivity index (χ4v) is 3.31. The van der Waals surface area contributed by atoms with Gasteiger partial charge in [-0.3, -0.25) is 4.90 Å². The molecule has 3 rings (SSSR count). The summed E-state index contributed by atoms with van der Waals surface area (Å²) < 4.78 is 13.3. The maximum Gasteiger partial charge on any atom is 0.114 e. The molecule has 1 aromatic rings. The number of piperidine rings is 1. The summed E-state index contributed by atoms with van der Waals surface area (Å²) >= 11 is 0. The standard InChI is InChI=1S/C16H20FN3/c17-14-5-8-20(12-14)16-6-9-19(10-7-16)15-3-1-13(11-18)2-4-15/h1-4,14,16H,5-10,12H2. The Kier molecular flexibility index (Phi) is 3.88. The van der Waals surface area contributed by atoms with Crippen LogP contribution >= 0.6 is 0 Å². The molecule has 0 saturated carbocycles. The number of alkyl halides is 1. The summed E-state index contributed by atoms with van der Waals surface area (Å²) in [7, 11) is 0. The van der Waals surface area contributed by atoms with E-state index in [1.807, 2.05) is 24.3 Å². The molecule has 0 aliphatic carbocycles. The van der Waals surface area contributed by atoms with Gasteiger partial charge in [-0.05, 0) is 43.5 Å². The van der Waals surface area contributed by atoms with E-state index in [0.717, 1.165) is 32.5 Å². The maximum atomic E-state index is 13.3. The van der Waals surface area contributed by atoms with Gasteiger partial charge in [0.25, 0.3) is 0 Å². The van der Waals surface area contributed by atoms with Gasteiger partial charge in [-0.1, -0.05) is 0 Å². The minimum absolute atomic E-state index is 0.547. The van der Waals surface area contributed by atoms with Gasteiger partial charge in [0.2, 0.25) is 0 Å². The molecule has 0 bridgehead atoms. The lowest BCUT2D eigenvalue weighted by Crippen LogP contribution is -2.44. The van der Waals surface area contributed by atoms with Crippen molar-refractivity contribution in [3.8, 4) is 6.07 Å². The van der Waals surface area contributed by atoms with Crippen LogP contribution in [0.2, 0.25) is 0 Å². The third kappa shape index (κ3) is 2.78. The molecule has 2 heterocycles. The van der Waals surface area contributed by atoms with E-state index < -0.39 is 6.17 Å². The number of rotatable bonds is 2. The van der Waals surface area contributed by atoms with Crippen molar-refractivity contribution in [3.63, 3.8) is 0 Å². The molecule has 0 N–H and O–H groups in total. The smallest absolute Gasteiger partial charge is 0.114 e. The van der Waals surface area contributed by atoms with Crippen molar-refractivity contribution >= 4 is 5.69 Å².